The maximum atomic E-state index is 5.51. The Morgan fingerprint density at radius 2 is 2.20 bits per heavy atom. The number of unbranched alkanes of at least 4 members (excludes halogenated alkanes) is 2. The number of nitrogens with one attached hydrogen (secondary N) is 1. The molecule has 0 aromatic heterocycles. The standard InChI is InChI=1S/C12H26N2O/c1-3-4-5-6-13-7-8-14-9-10-15-12(2)11-14/h12-13H,3-11H2,1-2H3. The molecule has 1 unspecified atom stereocenters. The topological polar surface area (TPSA) is 24.5 Å². The van der Waals surface area contributed by atoms with Crippen molar-refractivity contribution < 1.29 is 4.74 Å². The molecule has 0 saturated carbocycles. The number of morpholine rings is 1. The van der Waals surface area contributed by atoms with Crippen molar-refractivity contribution in [1.29, 1.82) is 0 Å². The van der Waals surface area contributed by atoms with Crippen molar-refractivity contribution in [3.05, 3.63) is 0 Å². The second kappa shape index (κ2) is 8.08. The molecular weight excluding hydrogens is 188 g/mol. The van der Waals surface area contributed by atoms with Crippen LogP contribution < -0.4 is 5.32 Å². The van der Waals surface area contributed by atoms with Crippen molar-refractivity contribution in [2.24, 2.45) is 0 Å². The van der Waals surface area contributed by atoms with E-state index in [-0.39, 0.29) is 0 Å². The predicted octanol–water partition coefficient (Wildman–Crippen LogP) is 1.49. The zero-order valence-corrected chi connectivity index (χ0v) is 10.3. The fourth-order valence-electron chi connectivity index (χ4n) is 1.96. The van der Waals surface area contributed by atoms with Gasteiger partial charge >= 0.3 is 0 Å². The maximum absolute atomic E-state index is 5.51. The Hall–Kier alpha value is -0.120. The Morgan fingerprint density at radius 1 is 1.33 bits per heavy atom. The summed E-state index contributed by atoms with van der Waals surface area (Å²) >= 11 is 0. The fraction of sp³-hybridized carbons (Fsp3) is 1.00. The Balaban J connectivity index is 1.90. The van der Waals surface area contributed by atoms with E-state index in [9.17, 15) is 0 Å². The van der Waals surface area contributed by atoms with Gasteiger partial charge in [-0.25, -0.2) is 0 Å². The van der Waals surface area contributed by atoms with Crippen molar-refractivity contribution in [2.75, 3.05) is 39.3 Å². The van der Waals surface area contributed by atoms with Crippen LogP contribution in [0.1, 0.15) is 33.1 Å². The zero-order chi connectivity index (χ0) is 10.9. The molecule has 0 aliphatic carbocycles. The first-order chi connectivity index (χ1) is 7.33. The maximum Gasteiger partial charge on any atom is 0.0674 e. The van der Waals surface area contributed by atoms with Crippen LogP contribution in [-0.2, 0) is 4.74 Å². The molecule has 3 nitrogen and oxygen atoms in total. The summed E-state index contributed by atoms with van der Waals surface area (Å²) in [6, 6.07) is 0. The second-order valence-electron chi connectivity index (χ2n) is 4.44. The third-order valence-corrected chi connectivity index (χ3v) is 2.89. The number of ether oxygens (including phenoxy) is 1. The fourth-order valence-corrected chi connectivity index (χ4v) is 1.96. The van der Waals surface area contributed by atoms with E-state index in [1.807, 2.05) is 0 Å². The zero-order valence-electron chi connectivity index (χ0n) is 10.3. The molecule has 1 aliphatic heterocycles. The van der Waals surface area contributed by atoms with Gasteiger partial charge in [0.15, 0.2) is 0 Å². The smallest absolute Gasteiger partial charge is 0.0674 e. The first-order valence-corrected chi connectivity index (χ1v) is 6.37. The molecule has 0 amide bonds. The molecule has 15 heavy (non-hydrogen) atoms. The van der Waals surface area contributed by atoms with Crippen molar-refractivity contribution in [1.82, 2.24) is 10.2 Å². The van der Waals surface area contributed by atoms with Crippen molar-refractivity contribution in [2.45, 2.75) is 39.2 Å². The van der Waals surface area contributed by atoms with Crippen LogP contribution in [0, 0.1) is 0 Å². The molecule has 0 aromatic rings. The summed E-state index contributed by atoms with van der Waals surface area (Å²) in [6.45, 7) is 11.0. The van der Waals surface area contributed by atoms with E-state index in [1.165, 1.54) is 32.4 Å². The van der Waals surface area contributed by atoms with Crippen LogP contribution in [0.15, 0.2) is 0 Å². The van der Waals surface area contributed by atoms with Gasteiger partial charge in [0.2, 0.25) is 0 Å². The molecule has 1 rings (SSSR count). The molecule has 1 heterocycles. The molecule has 1 aliphatic rings. The molecule has 0 radical (unpaired) electrons. The van der Waals surface area contributed by atoms with E-state index in [0.29, 0.717) is 6.10 Å². The Labute approximate surface area is 94.2 Å². The average Bonchev–Trinajstić information content (AvgIpc) is 2.23. The number of nitrogens with zero attached hydrogens (tertiary/aromatic N) is 1. The Bertz CT molecular complexity index is 153. The summed E-state index contributed by atoms with van der Waals surface area (Å²) in [5, 5.41) is 3.50. The Kier molecular flexibility index (Phi) is 6.98. The molecule has 1 N–H and O–H groups in total. The van der Waals surface area contributed by atoms with Crippen molar-refractivity contribution >= 4 is 0 Å². The van der Waals surface area contributed by atoms with Crippen molar-refractivity contribution in [3.63, 3.8) is 0 Å². The van der Waals surface area contributed by atoms with Gasteiger partial charge in [0, 0.05) is 26.2 Å². The third kappa shape index (κ3) is 6.13. The summed E-state index contributed by atoms with van der Waals surface area (Å²) < 4.78 is 5.51. The largest absolute Gasteiger partial charge is 0.376 e. The first kappa shape index (κ1) is 12.9. The summed E-state index contributed by atoms with van der Waals surface area (Å²) in [6.07, 6.45) is 4.39. The lowest BCUT2D eigenvalue weighted by Crippen LogP contribution is -2.43. The lowest BCUT2D eigenvalue weighted by Gasteiger charge is -2.31. The highest BCUT2D eigenvalue weighted by Crippen LogP contribution is 2.02. The quantitative estimate of drug-likeness (QED) is 0.650. The highest BCUT2D eigenvalue weighted by Gasteiger charge is 2.15. The summed E-state index contributed by atoms with van der Waals surface area (Å²) in [4.78, 5) is 2.49. The van der Waals surface area contributed by atoms with E-state index in [1.54, 1.807) is 0 Å². The number of hydrogen-bond donors (Lipinski definition) is 1. The van der Waals surface area contributed by atoms with Crippen LogP contribution in [0.3, 0.4) is 0 Å². The second-order valence-corrected chi connectivity index (χ2v) is 4.44. The van der Waals surface area contributed by atoms with Gasteiger partial charge in [0.1, 0.15) is 0 Å². The summed E-state index contributed by atoms with van der Waals surface area (Å²) in [5.41, 5.74) is 0. The van der Waals surface area contributed by atoms with Crippen LogP contribution in [0.25, 0.3) is 0 Å². The highest BCUT2D eigenvalue weighted by molar-refractivity contribution is 4.68. The predicted molar refractivity (Wildman–Crippen MR) is 64.2 cm³/mol. The first-order valence-electron chi connectivity index (χ1n) is 6.37. The van der Waals surface area contributed by atoms with Gasteiger partial charge in [0.05, 0.1) is 12.7 Å². The van der Waals surface area contributed by atoms with Gasteiger partial charge in [-0.1, -0.05) is 19.8 Å². The van der Waals surface area contributed by atoms with E-state index in [2.05, 4.69) is 24.1 Å². The van der Waals surface area contributed by atoms with Crippen molar-refractivity contribution in [3.8, 4) is 0 Å². The molecule has 1 fully saturated rings. The minimum absolute atomic E-state index is 0.416. The van der Waals surface area contributed by atoms with Crippen LogP contribution in [-0.4, -0.2) is 50.3 Å². The molecule has 3 heteroatoms. The van der Waals surface area contributed by atoms with E-state index < -0.39 is 0 Å². The summed E-state index contributed by atoms with van der Waals surface area (Å²) in [5.74, 6) is 0. The van der Waals surface area contributed by atoms with Crippen LogP contribution in [0.2, 0.25) is 0 Å². The van der Waals surface area contributed by atoms with Crippen LogP contribution in [0.4, 0.5) is 0 Å². The Morgan fingerprint density at radius 3 is 2.93 bits per heavy atom. The van der Waals surface area contributed by atoms with E-state index in [0.717, 1.165) is 26.2 Å². The van der Waals surface area contributed by atoms with Gasteiger partial charge in [0.25, 0.3) is 0 Å². The van der Waals surface area contributed by atoms with Crippen LogP contribution >= 0.6 is 0 Å². The van der Waals surface area contributed by atoms with Crippen LogP contribution in [0.5, 0.6) is 0 Å². The van der Waals surface area contributed by atoms with E-state index in [4.69, 9.17) is 4.74 Å². The monoisotopic (exact) mass is 214 g/mol. The van der Waals surface area contributed by atoms with Gasteiger partial charge in [-0.05, 0) is 19.9 Å². The average molecular weight is 214 g/mol. The normalized spacial score (nSPS) is 23.2. The molecular formula is C12H26N2O. The SMILES string of the molecule is CCCCCNCCN1CCOC(C)C1. The van der Waals surface area contributed by atoms with Gasteiger partial charge < -0.3 is 10.1 Å². The molecule has 1 atom stereocenters. The molecule has 1 saturated heterocycles. The number of hydrogen-bond acceptors (Lipinski definition) is 3. The van der Waals surface area contributed by atoms with Gasteiger partial charge in [-0.3, -0.25) is 4.90 Å². The highest BCUT2D eigenvalue weighted by atomic mass is 16.5. The molecule has 90 valence electrons. The summed E-state index contributed by atoms with van der Waals surface area (Å²) in [7, 11) is 0. The minimum atomic E-state index is 0.416. The molecule has 0 aromatic carbocycles. The minimum Gasteiger partial charge on any atom is -0.376 e. The molecule has 0 bridgehead atoms. The van der Waals surface area contributed by atoms with Gasteiger partial charge in [-0.2, -0.15) is 0 Å². The number of rotatable bonds is 7. The van der Waals surface area contributed by atoms with Gasteiger partial charge in [-0.15, -0.1) is 0 Å². The third-order valence-electron chi connectivity index (χ3n) is 2.89. The van der Waals surface area contributed by atoms with E-state index >= 15 is 0 Å². The molecule has 0 spiro atoms. The lowest BCUT2D eigenvalue weighted by molar-refractivity contribution is -0.0176. The lowest BCUT2D eigenvalue weighted by atomic mass is 10.2.